The van der Waals surface area contributed by atoms with E-state index >= 15 is 0 Å². The van der Waals surface area contributed by atoms with E-state index in [2.05, 4.69) is 25.3 Å². The van der Waals surface area contributed by atoms with Gasteiger partial charge in [-0.05, 0) is 36.4 Å². The molecule has 7 heteroatoms. The van der Waals surface area contributed by atoms with Crippen LogP contribution >= 0.6 is 0 Å². The van der Waals surface area contributed by atoms with Crippen LogP contribution in [0.15, 0.2) is 61.1 Å². The lowest BCUT2D eigenvalue weighted by Gasteiger charge is -2.05. The fraction of sp³-hybridized carbons (Fsp3) is 0. The van der Waals surface area contributed by atoms with Crippen LogP contribution in [-0.4, -0.2) is 25.8 Å². The smallest absolute Gasteiger partial charge is 0.258 e. The number of hydrogen-bond donors (Lipinski definition) is 2. The molecule has 1 aromatic carbocycles. The third-order valence-corrected chi connectivity index (χ3v) is 3.66. The minimum atomic E-state index is -0.667. The van der Waals surface area contributed by atoms with Gasteiger partial charge in [-0.3, -0.25) is 14.8 Å². The second-order valence-electron chi connectivity index (χ2n) is 5.34. The second-order valence-corrected chi connectivity index (χ2v) is 5.34. The molecule has 0 radical (unpaired) electrons. The molecule has 122 valence electrons. The van der Waals surface area contributed by atoms with E-state index in [1.165, 1.54) is 12.3 Å². The molecular weight excluding hydrogens is 321 g/mol. The number of carbonyl (C=O) groups is 1. The molecule has 1 amide bonds. The van der Waals surface area contributed by atoms with Crippen molar-refractivity contribution in [2.75, 3.05) is 5.32 Å². The second kappa shape index (κ2) is 6.12. The van der Waals surface area contributed by atoms with Crippen LogP contribution in [0.1, 0.15) is 10.4 Å². The molecule has 0 spiro atoms. The average molecular weight is 333 g/mol. The SMILES string of the molecule is O=C(Nc1ccc2nc(-c3ccccn3)[nH]c2c1)c1ccncc1F. The molecule has 2 N–H and O–H groups in total. The monoisotopic (exact) mass is 333 g/mol. The topological polar surface area (TPSA) is 83.6 Å². The van der Waals surface area contributed by atoms with Crippen molar-refractivity contribution >= 4 is 22.6 Å². The number of halogens is 1. The van der Waals surface area contributed by atoms with Gasteiger partial charge < -0.3 is 10.3 Å². The van der Waals surface area contributed by atoms with Crippen LogP contribution in [0.4, 0.5) is 10.1 Å². The Balaban J connectivity index is 1.63. The summed E-state index contributed by atoms with van der Waals surface area (Å²) < 4.78 is 13.6. The molecule has 0 bridgehead atoms. The van der Waals surface area contributed by atoms with Crippen LogP contribution in [0.25, 0.3) is 22.6 Å². The van der Waals surface area contributed by atoms with Crippen molar-refractivity contribution in [2.24, 2.45) is 0 Å². The van der Waals surface area contributed by atoms with Gasteiger partial charge in [0, 0.05) is 18.1 Å². The summed E-state index contributed by atoms with van der Waals surface area (Å²) in [6.07, 6.45) is 4.07. The Morgan fingerprint density at radius 3 is 2.84 bits per heavy atom. The van der Waals surface area contributed by atoms with Gasteiger partial charge in [-0.25, -0.2) is 9.37 Å². The zero-order valence-corrected chi connectivity index (χ0v) is 12.9. The zero-order valence-electron chi connectivity index (χ0n) is 12.9. The van der Waals surface area contributed by atoms with Gasteiger partial charge in [0.1, 0.15) is 5.69 Å². The summed E-state index contributed by atoms with van der Waals surface area (Å²) >= 11 is 0. The molecule has 0 saturated carbocycles. The number of pyridine rings is 2. The molecule has 3 aromatic heterocycles. The van der Waals surface area contributed by atoms with Crippen LogP contribution in [0.2, 0.25) is 0 Å². The molecule has 4 aromatic rings. The largest absolute Gasteiger partial charge is 0.337 e. The minimum Gasteiger partial charge on any atom is -0.337 e. The Morgan fingerprint density at radius 1 is 1.12 bits per heavy atom. The highest BCUT2D eigenvalue weighted by Crippen LogP contribution is 2.22. The van der Waals surface area contributed by atoms with Crippen LogP contribution < -0.4 is 5.32 Å². The first-order valence-corrected chi connectivity index (χ1v) is 7.53. The Bertz CT molecular complexity index is 1060. The van der Waals surface area contributed by atoms with Crippen molar-refractivity contribution in [2.45, 2.75) is 0 Å². The van der Waals surface area contributed by atoms with Crippen LogP contribution in [-0.2, 0) is 0 Å². The average Bonchev–Trinajstić information content (AvgIpc) is 3.06. The highest BCUT2D eigenvalue weighted by atomic mass is 19.1. The lowest BCUT2D eigenvalue weighted by Crippen LogP contribution is -2.13. The third-order valence-electron chi connectivity index (χ3n) is 3.66. The fourth-order valence-corrected chi connectivity index (χ4v) is 2.47. The molecule has 25 heavy (non-hydrogen) atoms. The summed E-state index contributed by atoms with van der Waals surface area (Å²) in [6.45, 7) is 0. The summed E-state index contributed by atoms with van der Waals surface area (Å²) in [7, 11) is 0. The number of imidazole rings is 1. The van der Waals surface area contributed by atoms with Gasteiger partial charge in [0.15, 0.2) is 11.6 Å². The standard InChI is InChI=1S/C18H12FN5O/c19-13-10-20-8-6-12(13)18(25)22-11-4-5-14-16(9-11)24-17(23-14)15-3-1-2-7-21-15/h1-10H,(H,22,25)(H,23,24). The number of hydrogen-bond acceptors (Lipinski definition) is 4. The highest BCUT2D eigenvalue weighted by Gasteiger charge is 2.12. The van der Waals surface area contributed by atoms with Gasteiger partial charge in [0.05, 0.1) is 22.8 Å². The van der Waals surface area contributed by atoms with E-state index in [0.717, 1.165) is 22.9 Å². The van der Waals surface area contributed by atoms with E-state index in [4.69, 9.17) is 0 Å². The van der Waals surface area contributed by atoms with E-state index in [1.54, 1.807) is 24.4 Å². The number of nitrogens with one attached hydrogen (secondary N) is 2. The minimum absolute atomic E-state index is 0.0612. The number of H-pyrrole nitrogens is 1. The van der Waals surface area contributed by atoms with Crippen LogP contribution in [0.5, 0.6) is 0 Å². The van der Waals surface area contributed by atoms with E-state index < -0.39 is 11.7 Å². The normalized spacial score (nSPS) is 10.8. The Morgan fingerprint density at radius 2 is 2.04 bits per heavy atom. The maximum Gasteiger partial charge on any atom is 0.258 e. The van der Waals surface area contributed by atoms with Gasteiger partial charge >= 0.3 is 0 Å². The Labute approximate surface area is 141 Å². The number of benzene rings is 1. The van der Waals surface area contributed by atoms with Crippen LogP contribution in [0.3, 0.4) is 0 Å². The molecular formula is C18H12FN5O. The molecule has 0 atom stereocenters. The van der Waals surface area contributed by atoms with Crippen molar-refractivity contribution in [1.29, 1.82) is 0 Å². The van der Waals surface area contributed by atoms with E-state index in [9.17, 15) is 9.18 Å². The zero-order chi connectivity index (χ0) is 17.2. The Kier molecular flexibility index (Phi) is 3.66. The van der Waals surface area contributed by atoms with Crippen molar-refractivity contribution in [1.82, 2.24) is 19.9 Å². The van der Waals surface area contributed by atoms with E-state index in [-0.39, 0.29) is 5.56 Å². The van der Waals surface area contributed by atoms with Gasteiger partial charge in [-0.2, -0.15) is 0 Å². The molecule has 0 aliphatic heterocycles. The highest BCUT2D eigenvalue weighted by molar-refractivity contribution is 6.05. The van der Waals surface area contributed by atoms with Crippen molar-refractivity contribution in [3.8, 4) is 11.5 Å². The van der Waals surface area contributed by atoms with Crippen LogP contribution in [0, 0.1) is 5.82 Å². The Hall–Kier alpha value is -3.61. The van der Waals surface area contributed by atoms with E-state index in [0.29, 0.717) is 11.5 Å². The quantitative estimate of drug-likeness (QED) is 0.602. The van der Waals surface area contributed by atoms with Gasteiger partial charge in [0.25, 0.3) is 5.91 Å². The first kappa shape index (κ1) is 14.9. The van der Waals surface area contributed by atoms with Crippen molar-refractivity contribution in [3.05, 3.63) is 72.4 Å². The maximum absolute atomic E-state index is 13.6. The van der Waals surface area contributed by atoms with E-state index in [1.807, 2.05) is 18.2 Å². The molecule has 0 aliphatic rings. The molecule has 4 rings (SSSR count). The summed E-state index contributed by atoms with van der Waals surface area (Å²) in [6, 6.07) is 12.1. The van der Waals surface area contributed by atoms with Crippen molar-refractivity contribution < 1.29 is 9.18 Å². The summed E-state index contributed by atoms with van der Waals surface area (Å²) in [5.74, 6) is -0.567. The predicted molar refractivity (Wildman–Crippen MR) is 91.5 cm³/mol. The number of carbonyl (C=O) groups excluding carboxylic acids is 1. The number of amides is 1. The molecule has 0 saturated heterocycles. The van der Waals surface area contributed by atoms with Gasteiger partial charge in [-0.15, -0.1) is 0 Å². The molecule has 3 heterocycles. The number of anilines is 1. The predicted octanol–water partition coefficient (Wildman–Crippen LogP) is 3.41. The number of aromatic amines is 1. The van der Waals surface area contributed by atoms with Gasteiger partial charge in [0.2, 0.25) is 0 Å². The molecule has 6 nitrogen and oxygen atoms in total. The number of aromatic nitrogens is 4. The molecule has 0 aliphatic carbocycles. The lowest BCUT2D eigenvalue weighted by atomic mass is 10.2. The third kappa shape index (κ3) is 2.94. The lowest BCUT2D eigenvalue weighted by molar-refractivity contribution is 0.102. The first-order chi connectivity index (χ1) is 12.2. The number of nitrogens with zero attached hydrogens (tertiary/aromatic N) is 3. The summed E-state index contributed by atoms with van der Waals surface area (Å²) in [4.78, 5) is 27.7. The molecule has 0 fully saturated rings. The summed E-state index contributed by atoms with van der Waals surface area (Å²) in [5, 5.41) is 2.67. The number of fused-ring (bicyclic) bond motifs is 1. The van der Waals surface area contributed by atoms with Gasteiger partial charge in [-0.1, -0.05) is 6.07 Å². The molecule has 0 unspecified atom stereocenters. The number of rotatable bonds is 3. The van der Waals surface area contributed by atoms with Crippen molar-refractivity contribution in [3.63, 3.8) is 0 Å². The fourth-order valence-electron chi connectivity index (χ4n) is 2.47. The first-order valence-electron chi connectivity index (χ1n) is 7.53. The maximum atomic E-state index is 13.6. The summed E-state index contributed by atoms with van der Waals surface area (Å²) in [5.41, 5.74) is 2.68.